The predicted molar refractivity (Wildman–Crippen MR) is 261 cm³/mol. The molecule has 0 heterocycles. The summed E-state index contributed by atoms with van der Waals surface area (Å²) in [4.78, 5) is 23.0. The summed E-state index contributed by atoms with van der Waals surface area (Å²) >= 11 is 0. The highest BCUT2D eigenvalue weighted by molar-refractivity contribution is 7.47. The van der Waals surface area contributed by atoms with Crippen LogP contribution in [0.5, 0.6) is 0 Å². The number of quaternary nitrogens is 1. The number of esters is 1. The maximum Gasteiger partial charge on any atom is 0.472 e. The van der Waals surface area contributed by atoms with Gasteiger partial charge in [-0.15, -0.1) is 0 Å². The summed E-state index contributed by atoms with van der Waals surface area (Å²) in [5, 5.41) is 0. The van der Waals surface area contributed by atoms with E-state index in [9.17, 15) is 14.3 Å². The number of hydrogen-bond acceptors (Lipinski definition) is 6. The summed E-state index contributed by atoms with van der Waals surface area (Å²) in [5.41, 5.74) is 0. The quantitative estimate of drug-likeness (QED) is 0.0214. The van der Waals surface area contributed by atoms with Crippen molar-refractivity contribution < 1.29 is 37.3 Å². The van der Waals surface area contributed by atoms with E-state index >= 15 is 0 Å². The maximum atomic E-state index is 12.7. The van der Waals surface area contributed by atoms with Crippen LogP contribution in [0.1, 0.15) is 206 Å². The molecule has 0 aromatic rings. The first kappa shape index (κ1) is 59.2. The Morgan fingerprint density at radius 2 is 0.951 bits per heavy atom. The van der Waals surface area contributed by atoms with Crippen molar-refractivity contribution in [1.82, 2.24) is 0 Å². The first-order valence-corrected chi connectivity index (χ1v) is 26.5. The molecule has 0 aromatic heterocycles. The lowest BCUT2D eigenvalue weighted by Gasteiger charge is -2.24. The molecule has 356 valence electrons. The Labute approximate surface area is 377 Å². The van der Waals surface area contributed by atoms with Crippen molar-refractivity contribution in [2.24, 2.45) is 0 Å². The molecule has 0 fully saturated rings. The zero-order valence-corrected chi connectivity index (χ0v) is 41.3. The fourth-order valence-corrected chi connectivity index (χ4v) is 7.46. The van der Waals surface area contributed by atoms with E-state index in [1.54, 1.807) is 0 Å². The molecule has 1 N–H and O–H groups in total. The van der Waals surface area contributed by atoms with Gasteiger partial charge in [-0.1, -0.05) is 184 Å². The van der Waals surface area contributed by atoms with Gasteiger partial charge in [0.05, 0.1) is 34.4 Å². The number of unbranched alkanes of at least 4 members (excludes halogenated alkanes) is 22. The lowest BCUT2D eigenvalue weighted by atomic mass is 10.1. The Morgan fingerprint density at radius 3 is 1.44 bits per heavy atom. The number of phosphoric ester groups is 1. The normalized spacial score (nSPS) is 14.1. The van der Waals surface area contributed by atoms with Crippen LogP contribution in [-0.4, -0.2) is 75.6 Å². The van der Waals surface area contributed by atoms with Gasteiger partial charge >= 0.3 is 13.8 Å². The number of phosphoric acid groups is 1. The Morgan fingerprint density at radius 1 is 0.525 bits per heavy atom. The summed E-state index contributed by atoms with van der Waals surface area (Å²) < 4.78 is 35.1. The molecule has 0 aliphatic rings. The molecule has 2 atom stereocenters. The number of likely N-dealkylation sites (N-methyl/N-ethyl adjacent to an activating group) is 1. The van der Waals surface area contributed by atoms with Gasteiger partial charge in [-0.2, -0.15) is 0 Å². The lowest BCUT2D eigenvalue weighted by Crippen LogP contribution is -2.37. The van der Waals surface area contributed by atoms with Crippen molar-refractivity contribution in [3.05, 3.63) is 60.8 Å². The summed E-state index contributed by atoms with van der Waals surface area (Å²) in [6.07, 6.45) is 56.9. The van der Waals surface area contributed by atoms with E-state index < -0.39 is 13.9 Å². The number of allylic oxidation sites excluding steroid dienone is 10. The van der Waals surface area contributed by atoms with Crippen LogP contribution < -0.4 is 0 Å². The molecule has 0 rings (SSSR count). The van der Waals surface area contributed by atoms with E-state index in [-0.39, 0.29) is 25.8 Å². The smallest absolute Gasteiger partial charge is 0.457 e. The second-order valence-corrected chi connectivity index (χ2v) is 19.3. The zero-order chi connectivity index (χ0) is 44.8. The molecular weight excluding hydrogens is 782 g/mol. The van der Waals surface area contributed by atoms with Gasteiger partial charge in [0.25, 0.3) is 0 Å². The topological polar surface area (TPSA) is 91.3 Å². The molecule has 9 heteroatoms. The summed E-state index contributed by atoms with van der Waals surface area (Å²) in [6.45, 7) is 5.50. The SMILES string of the molecule is CC/C=C\C/C=C\C/C=C\C/C=C\CCCCCCCCC(=O)OC(COCCCCCCCCCCCC/C=C\CCCCCCCC)COP(=O)(O)OCC[N+](C)(C)C. The number of ether oxygens (including phenoxy) is 2. The molecule has 0 amide bonds. The van der Waals surface area contributed by atoms with Gasteiger partial charge in [-0.3, -0.25) is 13.8 Å². The van der Waals surface area contributed by atoms with E-state index in [4.69, 9.17) is 18.5 Å². The first-order valence-electron chi connectivity index (χ1n) is 25.0. The van der Waals surface area contributed by atoms with Crippen LogP contribution in [0.4, 0.5) is 0 Å². The fourth-order valence-electron chi connectivity index (χ4n) is 6.72. The van der Waals surface area contributed by atoms with Crippen molar-refractivity contribution in [3.8, 4) is 0 Å². The Bertz CT molecular complexity index is 1160. The standard InChI is InChI=1S/C52H96NO7P/c1-6-8-10-12-14-16-18-20-22-24-26-28-30-32-34-36-38-40-42-44-47-57-49-51(50-59-61(55,56)58-48-46-53(3,4)5)60-52(54)45-43-41-39-37-35-33-31-29-27-25-23-21-19-17-15-13-11-9-7-2/h9,11,15,17,20-23,27,29,51H,6-8,10,12-14,16,18-19,24-26,28,30-50H2,1-5H3/p+1/b11-9-,17-15-,22-20-,23-21-,29-27-. The molecule has 0 saturated carbocycles. The molecule has 0 bridgehead atoms. The van der Waals surface area contributed by atoms with E-state index in [0.717, 1.165) is 70.6 Å². The van der Waals surface area contributed by atoms with Gasteiger partial charge in [0.1, 0.15) is 19.3 Å². The Hall–Kier alpha value is -1.80. The molecule has 0 spiro atoms. The average Bonchev–Trinajstić information content (AvgIpc) is 3.22. The minimum absolute atomic E-state index is 0.0833. The van der Waals surface area contributed by atoms with Crippen LogP contribution in [0.3, 0.4) is 0 Å². The number of nitrogens with zero attached hydrogens (tertiary/aromatic N) is 1. The first-order chi connectivity index (χ1) is 29.6. The summed E-state index contributed by atoms with van der Waals surface area (Å²) in [6, 6.07) is 0. The number of hydrogen-bond donors (Lipinski definition) is 1. The second kappa shape index (κ2) is 44.8. The van der Waals surface area contributed by atoms with E-state index in [2.05, 4.69) is 74.6 Å². The molecule has 2 unspecified atom stereocenters. The molecule has 0 aromatic carbocycles. The van der Waals surface area contributed by atoms with Crippen molar-refractivity contribution in [2.45, 2.75) is 213 Å². The third-order valence-corrected chi connectivity index (χ3v) is 11.5. The molecule has 8 nitrogen and oxygen atoms in total. The van der Waals surface area contributed by atoms with Gasteiger partial charge in [0.15, 0.2) is 0 Å². The molecule has 0 aliphatic carbocycles. The van der Waals surface area contributed by atoms with E-state index in [1.165, 1.54) is 116 Å². The van der Waals surface area contributed by atoms with Crippen molar-refractivity contribution in [3.63, 3.8) is 0 Å². The van der Waals surface area contributed by atoms with E-state index in [1.807, 2.05) is 21.1 Å². The van der Waals surface area contributed by atoms with Gasteiger partial charge in [0, 0.05) is 13.0 Å². The highest BCUT2D eigenvalue weighted by Gasteiger charge is 2.26. The fraction of sp³-hybridized carbons (Fsp3) is 0.788. The Balaban J connectivity index is 4.19. The summed E-state index contributed by atoms with van der Waals surface area (Å²) in [7, 11) is 1.65. The van der Waals surface area contributed by atoms with Crippen LogP contribution in [-0.2, 0) is 27.9 Å². The maximum absolute atomic E-state index is 12.7. The van der Waals surface area contributed by atoms with Gasteiger partial charge in [-0.25, -0.2) is 4.57 Å². The minimum atomic E-state index is -4.29. The van der Waals surface area contributed by atoms with Crippen molar-refractivity contribution in [2.75, 3.05) is 54.1 Å². The highest BCUT2D eigenvalue weighted by atomic mass is 31.2. The third-order valence-electron chi connectivity index (χ3n) is 10.6. The monoisotopic (exact) mass is 879 g/mol. The highest BCUT2D eigenvalue weighted by Crippen LogP contribution is 2.43. The minimum Gasteiger partial charge on any atom is -0.457 e. The van der Waals surface area contributed by atoms with Gasteiger partial charge in [-0.05, 0) is 77.0 Å². The van der Waals surface area contributed by atoms with Crippen molar-refractivity contribution in [1.29, 1.82) is 0 Å². The third kappa shape index (κ3) is 49.1. The van der Waals surface area contributed by atoms with Crippen LogP contribution in [0, 0.1) is 0 Å². The lowest BCUT2D eigenvalue weighted by molar-refractivity contribution is -0.870. The van der Waals surface area contributed by atoms with E-state index in [0.29, 0.717) is 24.1 Å². The largest absolute Gasteiger partial charge is 0.472 e. The molecule has 0 radical (unpaired) electrons. The van der Waals surface area contributed by atoms with Crippen LogP contribution in [0.2, 0.25) is 0 Å². The molecule has 0 saturated heterocycles. The van der Waals surface area contributed by atoms with Gasteiger partial charge < -0.3 is 18.9 Å². The Kier molecular flexibility index (Phi) is 43.5. The molecular formula is C52H97NO7P+. The zero-order valence-electron chi connectivity index (χ0n) is 40.4. The number of rotatable bonds is 46. The van der Waals surface area contributed by atoms with Gasteiger partial charge in [0.2, 0.25) is 0 Å². The van der Waals surface area contributed by atoms with Crippen molar-refractivity contribution >= 4 is 13.8 Å². The molecule has 0 aliphatic heterocycles. The average molecular weight is 879 g/mol. The van der Waals surface area contributed by atoms with Crippen LogP contribution in [0.25, 0.3) is 0 Å². The van der Waals surface area contributed by atoms with Crippen LogP contribution >= 0.6 is 7.82 Å². The molecule has 61 heavy (non-hydrogen) atoms. The number of carbonyl (C=O) groups is 1. The number of carbonyl (C=O) groups excluding carboxylic acids is 1. The second-order valence-electron chi connectivity index (χ2n) is 17.8. The predicted octanol–water partition coefficient (Wildman–Crippen LogP) is 15.3. The summed E-state index contributed by atoms with van der Waals surface area (Å²) in [5.74, 6) is -0.328. The van der Waals surface area contributed by atoms with Crippen LogP contribution in [0.15, 0.2) is 60.8 Å².